The minimum atomic E-state index is -5.08. The van der Waals surface area contributed by atoms with E-state index in [1.54, 1.807) is 6.07 Å². The molecule has 1 amide bonds. The highest BCUT2D eigenvalue weighted by molar-refractivity contribution is 5.92. The van der Waals surface area contributed by atoms with Crippen LogP contribution < -0.4 is 10.2 Å². The standard InChI is InChI=1S/C21H17F3N2O4/c1-13-11-20(28,21(22,23)24)26(25-13)19(27)18-9-8-17(30-18)12-29-16-7-6-14-4-2-3-5-15(14)10-16/h2-10,25,28H,1,11-12H2. The highest BCUT2D eigenvalue weighted by atomic mass is 19.4. The fourth-order valence-corrected chi connectivity index (χ4v) is 3.20. The fourth-order valence-electron chi connectivity index (χ4n) is 3.20. The summed E-state index contributed by atoms with van der Waals surface area (Å²) in [6, 6.07) is 15.9. The molecule has 0 bridgehead atoms. The van der Waals surface area contributed by atoms with Gasteiger partial charge in [-0.2, -0.15) is 13.2 Å². The van der Waals surface area contributed by atoms with Crippen molar-refractivity contribution in [3.63, 3.8) is 0 Å². The quantitative estimate of drug-likeness (QED) is 0.667. The van der Waals surface area contributed by atoms with E-state index in [1.807, 2.05) is 36.4 Å². The molecule has 30 heavy (non-hydrogen) atoms. The average Bonchev–Trinajstić information content (AvgIpc) is 3.30. The van der Waals surface area contributed by atoms with Gasteiger partial charge < -0.3 is 14.3 Å². The molecule has 4 rings (SSSR count). The lowest BCUT2D eigenvalue weighted by molar-refractivity contribution is -0.299. The van der Waals surface area contributed by atoms with Crippen molar-refractivity contribution in [3.05, 3.63) is 78.4 Å². The lowest BCUT2D eigenvalue weighted by atomic mass is 10.1. The summed E-state index contributed by atoms with van der Waals surface area (Å²) in [5, 5.41) is 12.1. The summed E-state index contributed by atoms with van der Waals surface area (Å²) in [6.07, 6.45) is -5.95. The molecule has 6 nitrogen and oxygen atoms in total. The second kappa shape index (κ2) is 7.10. The van der Waals surface area contributed by atoms with Crippen molar-refractivity contribution in [1.29, 1.82) is 0 Å². The second-order valence-electron chi connectivity index (χ2n) is 6.91. The topological polar surface area (TPSA) is 74.9 Å². The molecule has 1 aliphatic heterocycles. The van der Waals surface area contributed by atoms with E-state index in [0.717, 1.165) is 10.8 Å². The monoisotopic (exact) mass is 418 g/mol. The van der Waals surface area contributed by atoms with E-state index in [9.17, 15) is 23.1 Å². The third-order valence-corrected chi connectivity index (χ3v) is 4.73. The lowest BCUT2D eigenvalue weighted by Gasteiger charge is -2.32. The van der Waals surface area contributed by atoms with Gasteiger partial charge in [-0.3, -0.25) is 10.2 Å². The predicted octanol–water partition coefficient (Wildman–Crippen LogP) is 4.13. The molecular formula is C21H17F3N2O4. The molecule has 156 valence electrons. The fraction of sp³-hybridized carbons (Fsp3) is 0.190. The van der Waals surface area contributed by atoms with Crippen molar-refractivity contribution in [2.75, 3.05) is 0 Å². The molecule has 1 saturated heterocycles. The number of nitrogens with one attached hydrogen (secondary N) is 1. The highest BCUT2D eigenvalue weighted by Gasteiger charge is 2.63. The van der Waals surface area contributed by atoms with Crippen LogP contribution in [0.3, 0.4) is 0 Å². The molecule has 0 saturated carbocycles. The van der Waals surface area contributed by atoms with Gasteiger partial charge in [0.15, 0.2) is 5.76 Å². The molecule has 2 aromatic carbocycles. The third-order valence-electron chi connectivity index (χ3n) is 4.73. The Morgan fingerprint density at radius 3 is 2.67 bits per heavy atom. The van der Waals surface area contributed by atoms with Gasteiger partial charge in [0, 0.05) is 12.1 Å². The van der Waals surface area contributed by atoms with E-state index in [4.69, 9.17) is 9.15 Å². The Labute approximate surface area is 169 Å². The van der Waals surface area contributed by atoms with Crippen LogP contribution in [0.4, 0.5) is 13.2 Å². The van der Waals surface area contributed by atoms with Crippen molar-refractivity contribution >= 4 is 16.7 Å². The summed E-state index contributed by atoms with van der Waals surface area (Å²) >= 11 is 0. The molecule has 1 atom stereocenters. The molecule has 0 spiro atoms. The number of hydrazine groups is 1. The molecule has 0 radical (unpaired) electrons. The molecule has 3 aromatic rings. The summed E-state index contributed by atoms with van der Waals surface area (Å²) in [4.78, 5) is 12.5. The van der Waals surface area contributed by atoms with Gasteiger partial charge in [-0.1, -0.05) is 36.9 Å². The maximum atomic E-state index is 13.3. The number of alkyl halides is 3. The first-order chi connectivity index (χ1) is 14.2. The van der Waals surface area contributed by atoms with E-state index in [0.29, 0.717) is 5.75 Å². The number of fused-ring (bicyclic) bond motifs is 1. The van der Waals surface area contributed by atoms with Crippen LogP contribution in [0, 0.1) is 0 Å². The number of carbonyl (C=O) groups is 1. The molecule has 1 aromatic heterocycles. The second-order valence-corrected chi connectivity index (χ2v) is 6.91. The van der Waals surface area contributed by atoms with E-state index in [1.165, 1.54) is 12.1 Å². The van der Waals surface area contributed by atoms with Crippen LogP contribution in [0.15, 0.2) is 71.3 Å². The number of furan rings is 1. The number of ether oxygens (including phenoxy) is 1. The first-order valence-electron chi connectivity index (χ1n) is 8.96. The van der Waals surface area contributed by atoms with Crippen molar-refractivity contribution in [3.8, 4) is 5.75 Å². The zero-order valence-electron chi connectivity index (χ0n) is 15.6. The molecular weight excluding hydrogens is 401 g/mol. The van der Waals surface area contributed by atoms with Crippen molar-refractivity contribution in [2.24, 2.45) is 0 Å². The first-order valence-corrected chi connectivity index (χ1v) is 8.96. The van der Waals surface area contributed by atoms with Crippen LogP contribution in [0.25, 0.3) is 10.8 Å². The van der Waals surface area contributed by atoms with Gasteiger partial charge in [-0.15, -0.1) is 0 Å². The van der Waals surface area contributed by atoms with Gasteiger partial charge in [-0.05, 0) is 35.0 Å². The predicted molar refractivity (Wildman–Crippen MR) is 101 cm³/mol. The Bertz CT molecular complexity index is 1120. The van der Waals surface area contributed by atoms with E-state index < -0.39 is 24.2 Å². The van der Waals surface area contributed by atoms with Crippen LogP contribution in [0.2, 0.25) is 0 Å². The van der Waals surface area contributed by atoms with Gasteiger partial charge in [0.2, 0.25) is 0 Å². The number of halogens is 3. The van der Waals surface area contributed by atoms with Gasteiger partial charge in [0.05, 0.1) is 0 Å². The molecule has 1 aliphatic rings. The Morgan fingerprint density at radius 2 is 1.93 bits per heavy atom. The van der Waals surface area contributed by atoms with Crippen molar-refractivity contribution in [1.82, 2.24) is 10.4 Å². The first kappa shape index (κ1) is 19.8. The molecule has 1 unspecified atom stereocenters. The number of amides is 1. The summed E-state index contributed by atoms with van der Waals surface area (Å²) in [5.74, 6) is -0.746. The Balaban J connectivity index is 1.48. The maximum absolute atomic E-state index is 13.3. The maximum Gasteiger partial charge on any atom is 0.438 e. The van der Waals surface area contributed by atoms with Crippen LogP contribution in [0.5, 0.6) is 5.75 Å². The summed E-state index contributed by atoms with van der Waals surface area (Å²) in [6.45, 7) is 3.33. The summed E-state index contributed by atoms with van der Waals surface area (Å²) < 4.78 is 50.9. The zero-order chi connectivity index (χ0) is 21.5. The number of hydrogen-bond donors (Lipinski definition) is 2. The summed E-state index contributed by atoms with van der Waals surface area (Å²) in [5.41, 5.74) is -1.39. The van der Waals surface area contributed by atoms with Gasteiger partial charge in [0.25, 0.3) is 5.72 Å². The molecule has 2 heterocycles. The van der Waals surface area contributed by atoms with Gasteiger partial charge >= 0.3 is 12.1 Å². The number of benzene rings is 2. The minimum absolute atomic E-state index is 0.0324. The number of rotatable bonds is 4. The zero-order valence-corrected chi connectivity index (χ0v) is 15.6. The van der Waals surface area contributed by atoms with E-state index >= 15 is 0 Å². The largest absolute Gasteiger partial charge is 0.486 e. The van der Waals surface area contributed by atoms with Crippen LogP contribution in [-0.2, 0) is 6.61 Å². The highest BCUT2D eigenvalue weighted by Crippen LogP contribution is 2.41. The number of hydrogen-bond acceptors (Lipinski definition) is 5. The Kier molecular flexibility index (Phi) is 4.70. The van der Waals surface area contributed by atoms with Crippen LogP contribution in [0.1, 0.15) is 22.7 Å². The van der Waals surface area contributed by atoms with E-state index in [2.05, 4.69) is 12.0 Å². The van der Waals surface area contributed by atoms with Crippen LogP contribution in [-0.4, -0.2) is 27.9 Å². The molecule has 0 aliphatic carbocycles. The number of carbonyl (C=O) groups excluding carboxylic acids is 1. The Hall–Kier alpha value is -3.46. The van der Waals surface area contributed by atoms with Gasteiger partial charge in [-0.25, -0.2) is 5.01 Å². The van der Waals surface area contributed by atoms with Crippen LogP contribution >= 0.6 is 0 Å². The van der Waals surface area contributed by atoms with Gasteiger partial charge in [0.1, 0.15) is 18.1 Å². The lowest BCUT2D eigenvalue weighted by Crippen LogP contribution is -2.59. The Morgan fingerprint density at radius 1 is 1.20 bits per heavy atom. The number of aliphatic hydroxyl groups is 1. The van der Waals surface area contributed by atoms with Crippen molar-refractivity contribution in [2.45, 2.75) is 24.9 Å². The third kappa shape index (κ3) is 3.48. The van der Waals surface area contributed by atoms with Crippen molar-refractivity contribution < 1.29 is 32.2 Å². The van der Waals surface area contributed by atoms with E-state index in [-0.39, 0.29) is 28.8 Å². The SMILES string of the molecule is C=C1CC(O)(C(F)(F)F)N(C(=O)c2ccc(COc3ccc4ccccc4c3)o2)N1. The minimum Gasteiger partial charge on any atom is -0.486 e. The molecule has 2 N–H and O–H groups in total. The molecule has 1 fully saturated rings. The average molecular weight is 418 g/mol. The summed E-state index contributed by atoms with van der Waals surface area (Å²) in [7, 11) is 0. The normalized spacial score (nSPS) is 19.2. The molecule has 9 heteroatoms. The number of nitrogens with zero attached hydrogens (tertiary/aromatic N) is 1. The smallest absolute Gasteiger partial charge is 0.438 e.